The van der Waals surface area contributed by atoms with Crippen molar-refractivity contribution in [1.82, 2.24) is 25.5 Å². The van der Waals surface area contributed by atoms with Crippen LogP contribution in [0.4, 0.5) is 0 Å². The van der Waals surface area contributed by atoms with Crippen LogP contribution in [0.3, 0.4) is 0 Å². The van der Waals surface area contributed by atoms with Crippen molar-refractivity contribution in [3.63, 3.8) is 0 Å². The molecule has 0 aliphatic rings. The molecule has 144 valence electrons. The van der Waals surface area contributed by atoms with Crippen LogP contribution in [0.5, 0.6) is 11.5 Å². The number of hydrogen-bond acceptors (Lipinski definition) is 8. The fourth-order valence-electron chi connectivity index (χ4n) is 1.95. The van der Waals surface area contributed by atoms with E-state index in [-0.39, 0.29) is 19.0 Å². The lowest BCUT2D eigenvalue weighted by atomic mass is 10.2. The van der Waals surface area contributed by atoms with Crippen molar-refractivity contribution in [2.45, 2.75) is 11.7 Å². The molecule has 0 unspecified atom stereocenters. The number of primary amides is 1. The molecule has 1 heterocycles. The summed E-state index contributed by atoms with van der Waals surface area (Å²) < 4.78 is 13.0. The van der Waals surface area contributed by atoms with Crippen molar-refractivity contribution < 1.29 is 26.7 Å². The normalized spacial score (nSPS) is 10.3. The van der Waals surface area contributed by atoms with Crippen LogP contribution >= 0.6 is 27.7 Å². The molecule has 1 aromatic carbocycles. The summed E-state index contributed by atoms with van der Waals surface area (Å²) in [5.41, 5.74) is 6.12. The molecular weight excluding hydrogens is 448 g/mol. The minimum absolute atomic E-state index is 0. The summed E-state index contributed by atoms with van der Waals surface area (Å²) in [4.78, 5) is 10.9. The van der Waals surface area contributed by atoms with E-state index in [9.17, 15) is 4.79 Å². The van der Waals surface area contributed by atoms with E-state index >= 15 is 0 Å². The lowest BCUT2D eigenvalue weighted by Crippen LogP contribution is -3.00. The predicted octanol–water partition coefficient (Wildman–Crippen LogP) is -2.27. The standard InChI is InChI=1S/C14H19BrN6O3S.ClH/c1-21-14(18-19-20-21)25-4-3-17-7-9-5-10(15)13(11(6-9)23-2)24-8-12(16)22;/h5-6,17H,3-4,7-8H2,1-2H3,(H2,16,22);1H/p-1. The maximum absolute atomic E-state index is 10.9. The Bertz CT molecular complexity index is 733. The van der Waals surface area contributed by atoms with Gasteiger partial charge in [0.1, 0.15) is 0 Å². The molecule has 0 aliphatic carbocycles. The molecule has 1 amide bonds. The lowest BCUT2D eigenvalue weighted by Gasteiger charge is -2.14. The molecule has 26 heavy (non-hydrogen) atoms. The number of hydrogen-bond donors (Lipinski definition) is 2. The second-order valence-corrected chi connectivity index (χ2v) is 6.89. The largest absolute Gasteiger partial charge is 1.00 e. The Kier molecular flexibility index (Phi) is 9.70. The molecule has 12 heteroatoms. The van der Waals surface area contributed by atoms with Gasteiger partial charge in [0, 0.05) is 25.9 Å². The zero-order valence-corrected chi connectivity index (χ0v) is 17.4. The molecule has 2 rings (SSSR count). The van der Waals surface area contributed by atoms with Crippen LogP contribution in [-0.2, 0) is 18.4 Å². The molecule has 0 saturated carbocycles. The number of aryl methyl sites for hydroxylation is 1. The third-order valence-corrected chi connectivity index (χ3v) is 4.67. The minimum atomic E-state index is -0.546. The van der Waals surface area contributed by atoms with Crippen LogP contribution < -0.4 is 32.9 Å². The molecule has 0 bridgehead atoms. The molecule has 0 fully saturated rings. The van der Waals surface area contributed by atoms with E-state index in [0.29, 0.717) is 22.5 Å². The number of ether oxygens (including phenoxy) is 2. The van der Waals surface area contributed by atoms with Crippen LogP contribution in [0, 0.1) is 0 Å². The summed E-state index contributed by atoms with van der Waals surface area (Å²) in [6, 6.07) is 3.76. The monoisotopic (exact) mass is 465 g/mol. The summed E-state index contributed by atoms with van der Waals surface area (Å²) in [7, 11) is 3.35. The quantitative estimate of drug-likeness (QED) is 0.297. The highest BCUT2D eigenvalue weighted by atomic mass is 79.9. The molecule has 1 aromatic heterocycles. The first-order valence-corrected chi connectivity index (χ1v) is 9.12. The molecule has 0 atom stereocenters. The fraction of sp³-hybridized carbons (Fsp3) is 0.429. The molecule has 2 aromatic rings. The Morgan fingerprint density at radius 3 is 2.85 bits per heavy atom. The molecule has 3 N–H and O–H groups in total. The van der Waals surface area contributed by atoms with Crippen molar-refractivity contribution in [3.8, 4) is 11.5 Å². The van der Waals surface area contributed by atoms with Crippen molar-refractivity contribution >= 4 is 33.6 Å². The summed E-state index contributed by atoms with van der Waals surface area (Å²) >= 11 is 5.01. The molecule has 9 nitrogen and oxygen atoms in total. The number of methoxy groups -OCH3 is 1. The average Bonchev–Trinajstić information content (AvgIpc) is 2.98. The lowest BCUT2D eigenvalue weighted by molar-refractivity contribution is -0.119. The maximum Gasteiger partial charge on any atom is 0.255 e. The predicted molar refractivity (Wildman–Crippen MR) is 96.6 cm³/mol. The van der Waals surface area contributed by atoms with E-state index in [1.807, 2.05) is 12.1 Å². The van der Waals surface area contributed by atoms with E-state index in [1.165, 1.54) is 0 Å². The first kappa shape index (κ1) is 22.5. The van der Waals surface area contributed by atoms with Crippen LogP contribution in [0.2, 0.25) is 0 Å². The number of amides is 1. The number of nitrogens with two attached hydrogens (primary N) is 1. The van der Waals surface area contributed by atoms with Crippen molar-refractivity contribution in [3.05, 3.63) is 22.2 Å². The van der Waals surface area contributed by atoms with Gasteiger partial charge in [-0.1, -0.05) is 11.8 Å². The Morgan fingerprint density at radius 1 is 1.46 bits per heavy atom. The van der Waals surface area contributed by atoms with Crippen LogP contribution in [0.1, 0.15) is 5.56 Å². The molecule has 0 spiro atoms. The maximum atomic E-state index is 10.9. The van der Waals surface area contributed by atoms with E-state index in [0.717, 1.165) is 23.0 Å². The third kappa shape index (κ3) is 6.63. The highest BCUT2D eigenvalue weighted by Crippen LogP contribution is 2.36. The van der Waals surface area contributed by atoms with Gasteiger partial charge in [-0.3, -0.25) is 4.79 Å². The van der Waals surface area contributed by atoms with Crippen molar-refractivity contribution in [1.29, 1.82) is 0 Å². The van der Waals surface area contributed by atoms with Gasteiger partial charge in [0.25, 0.3) is 5.91 Å². The number of carbonyl (C=O) groups is 1. The first-order valence-electron chi connectivity index (χ1n) is 7.34. The number of halogens is 2. The summed E-state index contributed by atoms with van der Waals surface area (Å²) in [5.74, 6) is 1.28. The zero-order valence-electron chi connectivity index (χ0n) is 14.2. The summed E-state index contributed by atoms with van der Waals surface area (Å²) in [6.07, 6.45) is 0. The summed E-state index contributed by atoms with van der Waals surface area (Å²) in [5, 5.41) is 15.4. The van der Waals surface area contributed by atoms with Gasteiger partial charge in [-0.2, -0.15) is 0 Å². The van der Waals surface area contributed by atoms with Crippen LogP contribution in [0.15, 0.2) is 21.8 Å². The Labute approximate surface area is 169 Å². The van der Waals surface area contributed by atoms with E-state index in [1.54, 1.807) is 30.6 Å². The second-order valence-electron chi connectivity index (χ2n) is 4.97. The second kappa shape index (κ2) is 11.2. The Balaban J connectivity index is 0.00000338. The molecule has 0 saturated heterocycles. The van der Waals surface area contributed by atoms with E-state index in [4.69, 9.17) is 15.2 Å². The van der Waals surface area contributed by atoms with Gasteiger partial charge in [0.05, 0.1) is 11.6 Å². The van der Waals surface area contributed by atoms with E-state index < -0.39 is 5.91 Å². The van der Waals surface area contributed by atoms with Crippen LogP contribution in [0.25, 0.3) is 0 Å². The highest BCUT2D eigenvalue weighted by molar-refractivity contribution is 9.10. The number of tetrazole rings is 1. The van der Waals surface area contributed by atoms with Crippen molar-refractivity contribution in [2.75, 3.05) is 26.0 Å². The van der Waals surface area contributed by atoms with E-state index in [2.05, 4.69) is 36.8 Å². The topological polar surface area (TPSA) is 117 Å². The highest BCUT2D eigenvalue weighted by Gasteiger charge is 2.12. The average molecular weight is 467 g/mol. The smallest absolute Gasteiger partial charge is 0.255 e. The fourth-order valence-corrected chi connectivity index (χ4v) is 3.30. The number of benzene rings is 1. The van der Waals surface area contributed by atoms with Crippen LogP contribution in [-0.4, -0.2) is 52.1 Å². The summed E-state index contributed by atoms with van der Waals surface area (Å²) in [6.45, 7) is 1.24. The molecule has 0 aliphatic heterocycles. The number of rotatable bonds is 10. The zero-order chi connectivity index (χ0) is 18.2. The number of nitrogens with one attached hydrogen (secondary N) is 1. The van der Waals surface area contributed by atoms with Gasteiger partial charge < -0.3 is 32.9 Å². The number of nitrogens with zero attached hydrogens (tertiary/aromatic N) is 4. The Hall–Kier alpha value is -1.56. The van der Waals surface area contributed by atoms with Gasteiger partial charge in [0.2, 0.25) is 5.16 Å². The number of thioether (sulfide) groups is 1. The molecule has 0 radical (unpaired) electrons. The van der Waals surface area contributed by atoms with Gasteiger partial charge in [-0.15, -0.1) is 5.10 Å². The number of aromatic nitrogens is 4. The van der Waals surface area contributed by atoms with Gasteiger partial charge in [-0.25, -0.2) is 4.68 Å². The molecular formula is C14H19BrClN6O3S-. The van der Waals surface area contributed by atoms with Gasteiger partial charge in [0.15, 0.2) is 18.1 Å². The SMILES string of the molecule is COc1cc(CNCCSc2nnnn2C)cc(Br)c1OCC(N)=O.[Cl-]. The third-order valence-electron chi connectivity index (χ3n) is 3.07. The van der Waals surface area contributed by atoms with Crippen molar-refractivity contribution in [2.24, 2.45) is 12.8 Å². The minimum Gasteiger partial charge on any atom is -1.00 e. The first-order chi connectivity index (χ1) is 12.0. The number of carbonyl (C=O) groups excluding carboxylic acids is 1. The Morgan fingerprint density at radius 2 is 2.23 bits per heavy atom. The van der Waals surface area contributed by atoms with Gasteiger partial charge >= 0.3 is 0 Å². The van der Waals surface area contributed by atoms with Gasteiger partial charge in [-0.05, 0) is 44.1 Å².